The van der Waals surface area contributed by atoms with Gasteiger partial charge in [-0.1, -0.05) is 43.7 Å². The molecule has 0 spiro atoms. The van der Waals surface area contributed by atoms with E-state index in [1.54, 1.807) is 0 Å². The Bertz CT molecular complexity index is 532. The second-order valence-electron chi connectivity index (χ2n) is 4.27. The molecule has 16 heavy (non-hydrogen) atoms. The molecular formula is C13H15NO2. The predicted octanol–water partition coefficient (Wildman–Crippen LogP) is 3.07. The van der Waals surface area contributed by atoms with Gasteiger partial charge in [-0.15, -0.1) is 0 Å². The maximum absolute atomic E-state index is 11.2. The molecule has 3 nitrogen and oxygen atoms in total. The summed E-state index contributed by atoms with van der Waals surface area (Å²) in [6.07, 6.45) is 0. The molecule has 0 amide bonds. The van der Waals surface area contributed by atoms with Gasteiger partial charge >= 0.3 is 5.76 Å². The lowest BCUT2D eigenvalue weighted by Gasteiger charge is -2.04. The summed E-state index contributed by atoms with van der Waals surface area (Å²) in [6, 6.07) is 8.01. The summed E-state index contributed by atoms with van der Waals surface area (Å²) in [5, 5.41) is 0. The van der Waals surface area contributed by atoms with E-state index in [1.165, 1.54) is 5.56 Å². The number of H-pyrrole nitrogens is 1. The molecule has 2 rings (SSSR count). The highest BCUT2D eigenvalue weighted by Gasteiger charge is 2.14. The van der Waals surface area contributed by atoms with E-state index in [9.17, 15) is 4.79 Å². The SMILES string of the molecule is Cc1ccc(-c2[nH]c(=O)oc2C(C)C)cc1. The first-order chi connectivity index (χ1) is 7.58. The number of rotatable bonds is 2. The molecule has 0 aliphatic heterocycles. The predicted molar refractivity (Wildman–Crippen MR) is 63.6 cm³/mol. The monoisotopic (exact) mass is 217 g/mol. The van der Waals surface area contributed by atoms with Gasteiger partial charge in [0.15, 0.2) is 0 Å². The number of aryl methyl sites for hydroxylation is 1. The van der Waals surface area contributed by atoms with Crippen LogP contribution in [-0.4, -0.2) is 4.98 Å². The molecule has 0 aliphatic carbocycles. The lowest BCUT2D eigenvalue weighted by molar-refractivity contribution is 0.451. The minimum Gasteiger partial charge on any atom is -0.412 e. The maximum atomic E-state index is 11.2. The fraction of sp³-hybridized carbons (Fsp3) is 0.308. The summed E-state index contributed by atoms with van der Waals surface area (Å²) in [4.78, 5) is 14.0. The van der Waals surface area contributed by atoms with Crippen molar-refractivity contribution in [3.63, 3.8) is 0 Å². The van der Waals surface area contributed by atoms with Crippen LogP contribution in [0.25, 0.3) is 11.3 Å². The number of aromatic amines is 1. The van der Waals surface area contributed by atoms with E-state index in [4.69, 9.17) is 4.42 Å². The van der Waals surface area contributed by atoms with Gasteiger partial charge in [0, 0.05) is 11.5 Å². The minimum atomic E-state index is -0.390. The Labute approximate surface area is 94.1 Å². The molecule has 2 aromatic rings. The van der Waals surface area contributed by atoms with Crippen LogP contribution in [0.4, 0.5) is 0 Å². The van der Waals surface area contributed by atoms with Crippen LogP contribution in [0, 0.1) is 6.92 Å². The standard InChI is InChI=1S/C13H15NO2/c1-8(2)12-11(14-13(15)16-12)10-6-4-9(3)5-7-10/h4-8H,1-3H3,(H,14,15). The molecule has 0 bridgehead atoms. The van der Waals surface area contributed by atoms with Crippen LogP contribution in [0.15, 0.2) is 33.5 Å². The number of aromatic nitrogens is 1. The molecule has 3 heteroatoms. The lowest BCUT2D eigenvalue weighted by atomic mass is 10.0. The summed E-state index contributed by atoms with van der Waals surface area (Å²) in [5.41, 5.74) is 2.97. The number of hydrogen-bond donors (Lipinski definition) is 1. The number of nitrogens with one attached hydrogen (secondary N) is 1. The van der Waals surface area contributed by atoms with Gasteiger partial charge in [0.05, 0.1) is 5.69 Å². The lowest BCUT2D eigenvalue weighted by Crippen LogP contribution is -1.94. The third-order valence-corrected chi connectivity index (χ3v) is 2.54. The topological polar surface area (TPSA) is 46.0 Å². The van der Waals surface area contributed by atoms with Crippen molar-refractivity contribution in [3.8, 4) is 11.3 Å². The Balaban J connectivity index is 2.55. The highest BCUT2D eigenvalue weighted by Crippen LogP contribution is 2.26. The van der Waals surface area contributed by atoms with Crippen LogP contribution in [0.2, 0.25) is 0 Å². The van der Waals surface area contributed by atoms with Crippen molar-refractivity contribution in [2.24, 2.45) is 0 Å². The summed E-state index contributed by atoms with van der Waals surface area (Å²) in [5.74, 6) is 0.517. The van der Waals surface area contributed by atoms with Gasteiger partial charge in [-0.2, -0.15) is 0 Å². The van der Waals surface area contributed by atoms with Crippen LogP contribution >= 0.6 is 0 Å². The van der Waals surface area contributed by atoms with Crippen molar-refractivity contribution < 1.29 is 4.42 Å². The van der Waals surface area contributed by atoms with Crippen LogP contribution in [0.3, 0.4) is 0 Å². The van der Waals surface area contributed by atoms with Gasteiger partial charge < -0.3 is 4.42 Å². The normalized spacial score (nSPS) is 11.0. The van der Waals surface area contributed by atoms with Gasteiger partial charge in [0.2, 0.25) is 0 Å². The molecule has 1 aromatic heterocycles. The van der Waals surface area contributed by atoms with Crippen LogP contribution in [0.5, 0.6) is 0 Å². The zero-order chi connectivity index (χ0) is 11.7. The highest BCUT2D eigenvalue weighted by molar-refractivity contribution is 5.61. The third-order valence-electron chi connectivity index (χ3n) is 2.54. The Kier molecular flexibility index (Phi) is 2.69. The number of hydrogen-bond acceptors (Lipinski definition) is 2. The zero-order valence-electron chi connectivity index (χ0n) is 9.70. The van der Waals surface area contributed by atoms with E-state index in [0.29, 0.717) is 5.76 Å². The van der Waals surface area contributed by atoms with E-state index in [1.807, 2.05) is 45.0 Å². The summed E-state index contributed by atoms with van der Waals surface area (Å²) in [7, 11) is 0. The van der Waals surface area contributed by atoms with Crippen LogP contribution in [0.1, 0.15) is 31.1 Å². The summed E-state index contributed by atoms with van der Waals surface area (Å²) < 4.78 is 5.15. The molecule has 0 radical (unpaired) electrons. The van der Waals surface area contributed by atoms with Crippen molar-refractivity contribution in [2.75, 3.05) is 0 Å². The molecule has 0 fully saturated rings. The molecule has 84 valence electrons. The molecule has 1 aromatic carbocycles. The van der Waals surface area contributed by atoms with Gasteiger partial charge in [0.1, 0.15) is 5.76 Å². The van der Waals surface area contributed by atoms with Crippen molar-refractivity contribution in [3.05, 3.63) is 46.1 Å². The number of oxazole rings is 1. The van der Waals surface area contributed by atoms with Gasteiger partial charge in [-0.05, 0) is 6.92 Å². The van der Waals surface area contributed by atoms with Crippen molar-refractivity contribution in [1.82, 2.24) is 4.98 Å². The Morgan fingerprint density at radius 1 is 1.19 bits per heavy atom. The minimum absolute atomic E-state index is 0.190. The Hall–Kier alpha value is -1.77. The highest BCUT2D eigenvalue weighted by atomic mass is 16.4. The molecular weight excluding hydrogens is 202 g/mol. The molecule has 0 atom stereocenters. The molecule has 0 saturated heterocycles. The molecule has 0 unspecified atom stereocenters. The maximum Gasteiger partial charge on any atom is 0.416 e. The summed E-state index contributed by atoms with van der Waals surface area (Å²) >= 11 is 0. The first-order valence-corrected chi connectivity index (χ1v) is 5.38. The largest absolute Gasteiger partial charge is 0.416 e. The third kappa shape index (κ3) is 1.94. The molecule has 0 saturated carbocycles. The Morgan fingerprint density at radius 2 is 1.81 bits per heavy atom. The second-order valence-corrected chi connectivity index (χ2v) is 4.27. The van der Waals surface area contributed by atoms with Gasteiger partial charge in [0.25, 0.3) is 0 Å². The van der Waals surface area contributed by atoms with E-state index < -0.39 is 0 Å². The molecule has 0 aliphatic rings. The number of benzene rings is 1. The van der Waals surface area contributed by atoms with Crippen LogP contribution < -0.4 is 5.76 Å². The quantitative estimate of drug-likeness (QED) is 0.840. The molecule has 1 heterocycles. The average molecular weight is 217 g/mol. The molecule has 1 N–H and O–H groups in total. The Morgan fingerprint density at radius 3 is 2.38 bits per heavy atom. The first-order valence-electron chi connectivity index (χ1n) is 5.38. The van der Waals surface area contributed by atoms with E-state index in [2.05, 4.69) is 4.98 Å². The van der Waals surface area contributed by atoms with E-state index in [0.717, 1.165) is 11.3 Å². The van der Waals surface area contributed by atoms with Crippen molar-refractivity contribution in [2.45, 2.75) is 26.7 Å². The van der Waals surface area contributed by atoms with E-state index in [-0.39, 0.29) is 11.7 Å². The van der Waals surface area contributed by atoms with Crippen molar-refractivity contribution in [1.29, 1.82) is 0 Å². The fourth-order valence-corrected chi connectivity index (χ4v) is 1.68. The second kappa shape index (κ2) is 4.00. The zero-order valence-corrected chi connectivity index (χ0v) is 9.70. The van der Waals surface area contributed by atoms with Crippen molar-refractivity contribution >= 4 is 0 Å². The van der Waals surface area contributed by atoms with E-state index >= 15 is 0 Å². The van der Waals surface area contributed by atoms with Gasteiger partial charge in [-0.25, -0.2) is 4.79 Å². The smallest absolute Gasteiger partial charge is 0.412 e. The van der Waals surface area contributed by atoms with Crippen LogP contribution in [-0.2, 0) is 0 Å². The average Bonchev–Trinajstić information content (AvgIpc) is 2.61. The van der Waals surface area contributed by atoms with Gasteiger partial charge in [-0.3, -0.25) is 4.98 Å². The summed E-state index contributed by atoms with van der Waals surface area (Å²) in [6.45, 7) is 6.04. The fourth-order valence-electron chi connectivity index (χ4n) is 1.68. The first kappa shape index (κ1) is 10.7.